The molecule has 1 saturated heterocycles. The summed E-state index contributed by atoms with van der Waals surface area (Å²) >= 11 is 0. The molecule has 2 aromatic rings. The van der Waals surface area contributed by atoms with E-state index in [1.54, 1.807) is 39.0 Å². The second kappa shape index (κ2) is 11.9. The molecular weight excluding hydrogens is 533 g/mol. The van der Waals surface area contributed by atoms with Gasteiger partial charge in [0, 0.05) is 12.3 Å². The lowest BCUT2D eigenvalue weighted by Crippen LogP contribution is -2.55. The number of aromatic nitrogens is 2. The smallest absolute Gasteiger partial charge is 0.459 e. The van der Waals surface area contributed by atoms with E-state index < -0.39 is 67.1 Å². The Labute approximate surface area is 224 Å². The van der Waals surface area contributed by atoms with Crippen molar-refractivity contribution in [3.63, 3.8) is 0 Å². The van der Waals surface area contributed by atoms with Gasteiger partial charge in [-0.3, -0.25) is 23.7 Å². The first kappa shape index (κ1) is 30.3. The topological polar surface area (TPSA) is 189 Å². The van der Waals surface area contributed by atoms with E-state index >= 15 is 0 Å². The zero-order valence-corrected chi connectivity index (χ0v) is 22.5. The van der Waals surface area contributed by atoms with Crippen molar-refractivity contribution in [3.8, 4) is 18.1 Å². The van der Waals surface area contributed by atoms with Crippen LogP contribution in [0.2, 0.25) is 0 Å². The lowest BCUT2D eigenvalue weighted by molar-refractivity contribution is -0.146. The number of hydrogen-bond donors (Lipinski definition) is 5. The van der Waals surface area contributed by atoms with Crippen LogP contribution in [-0.4, -0.2) is 60.8 Å². The van der Waals surface area contributed by atoms with E-state index in [9.17, 15) is 34.3 Å². The molecule has 39 heavy (non-hydrogen) atoms. The van der Waals surface area contributed by atoms with Gasteiger partial charge >= 0.3 is 19.4 Å². The Balaban J connectivity index is 1.95. The molecule has 0 amide bonds. The maximum atomic E-state index is 14.1. The number of benzene rings is 1. The number of hydrogen-bond acceptors (Lipinski definition) is 9. The molecule has 0 spiro atoms. The van der Waals surface area contributed by atoms with Gasteiger partial charge in [0.05, 0.1) is 6.61 Å². The predicted molar refractivity (Wildman–Crippen MR) is 139 cm³/mol. The van der Waals surface area contributed by atoms with E-state index in [1.165, 1.54) is 12.1 Å². The van der Waals surface area contributed by atoms with Crippen molar-refractivity contribution in [2.75, 3.05) is 6.61 Å². The Bertz CT molecular complexity index is 1370. The number of carboxylic acids is 1. The fraction of sp³-hybridized carbons (Fsp3) is 0.480. The molecule has 1 aromatic carbocycles. The van der Waals surface area contributed by atoms with Crippen LogP contribution in [0.5, 0.6) is 5.75 Å². The Morgan fingerprint density at radius 1 is 1.33 bits per heavy atom. The van der Waals surface area contributed by atoms with Crippen LogP contribution in [0.4, 0.5) is 0 Å². The molecule has 1 fully saturated rings. The van der Waals surface area contributed by atoms with Crippen molar-refractivity contribution in [2.24, 2.45) is 5.92 Å². The number of aromatic amines is 1. The first-order chi connectivity index (χ1) is 18.3. The highest BCUT2D eigenvalue weighted by atomic mass is 31.2. The third-order valence-corrected chi connectivity index (χ3v) is 8.16. The Morgan fingerprint density at radius 2 is 2.00 bits per heavy atom. The van der Waals surface area contributed by atoms with Gasteiger partial charge in [-0.15, -0.1) is 6.42 Å². The van der Waals surface area contributed by atoms with Crippen molar-refractivity contribution in [2.45, 2.75) is 63.2 Å². The van der Waals surface area contributed by atoms with Crippen LogP contribution in [0.25, 0.3) is 0 Å². The molecule has 1 aliphatic rings. The Morgan fingerprint density at radius 3 is 2.54 bits per heavy atom. The Kier molecular flexibility index (Phi) is 9.23. The van der Waals surface area contributed by atoms with Gasteiger partial charge in [-0.2, -0.15) is 5.09 Å². The summed E-state index contributed by atoms with van der Waals surface area (Å²) in [6.45, 7) is 4.37. The number of aliphatic carboxylic acids is 1. The highest BCUT2D eigenvalue weighted by molar-refractivity contribution is 7.52. The molecule has 5 N–H and O–H groups in total. The van der Waals surface area contributed by atoms with Gasteiger partial charge in [-0.25, -0.2) is 9.36 Å². The fourth-order valence-corrected chi connectivity index (χ4v) is 6.20. The molecule has 0 bridgehead atoms. The molecule has 1 unspecified atom stereocenters. The van der Waals surface area contributed by atoms with Crippen molar-refractivity contribution in [1.82, 2.24) is 14.6 Å². The Hall–Kier alpha value is -3.24. The van der Waals surface area contributed by atoms with Crippen molar-refractivity contribution in [1.29, 1.82) is 0 Å². The van der Waals surface area contributed by atoms with Gasteiger partial charge < -0.3 is 24.6 Å². The van der Waals surface area contributed by atoms with Crippen LogP contribution in [0.1, 0.15) is 39.8 Å². The molecule has 1 aliphatic heterocycles. The molecule has 1 aromatic heterocycles. The lowest BCUT2D eigenvalue weighted by Gasteiger charge is -2.36. The van der Waals surface area contributed by atoms with Crippen LogP contribution in [0.3, 0.4) is 0 Å². The number of nitrogens with zero attached hydrogens (tertiary/aromatic N) is 1. The first-order valence-corrected chi connectivity index (χ1v) is 13.7. The second-order valence-electron chi connectivity index (χ2n) is 9.45. The van der Waals surface area contributed by atoms with Gasteiger partial charge in [0.1, 0.15) is 23.5 Å². The summed E-state index contributed by atoms with van der Waals surface area (Å²) in [7, 11) is -4.51. The number of aliphatic hydroxyl groups excluding tert-OH is 1. The van der Waals surface area contributed by atoms with E-state index in [0.29, 0.717) is 6.42 Å². The highest BCUT2D eigenvalue weighted by Crippen LogP contribution is 2.49. The number of carbonyl (C=O) groups is 1. The average molecular weight is 566 g/mol. The first-order valence-electron chi connectivity index (χ1n) is 12.2. The second-order valence-corrected chi connectivity index (χ2v) is 11.1. The summed E-state index contributed by atoms with van der Waals surface area (Å²) in [5, 5.41) is 34.5. The van der Waals surface area contributed by atoms with Crippen molar-refractivity contribution >= 4 is 13.7 Å². The number of rotatable bonds is 12. The lowest BCUT2D eigenvalue weighted by atomic mass is 9.83. The number of para-hydroxylation sites is 1. The molecule has 14 heteroatoms. The number of H-pyrrole nitrogens is 1. The summed E-state index contributed by atoms with van der Waals surface area (Å²) < 4.78 is 31.8. The zero-order valence-electron chi connectivity index (χ0n) is 21.6. The van der Waals surface area contributed by atoms with E-state index in [1.807, 2.05) is 10.9 Å². The van der Waals surface area contributed by atoms with E-state index in [-0.39, 0.29) is 12.2 Å². The summed E-state index contributed by atoms with van der Waals surface area (Å²) in [5.74, 6) is 0.301. The number of nitrogens with one attached hydrogen (secondary N) is 2. The molecule has 0 radical (unpaired) electrons. The van der Waals surface area contributed by atoms with Crippen LogP contribution in [0, 0.1) is 18.3 Å². The third-order valence-electron chi connectivity index (χ3n) is 6.54. The largest absolute Gasteiger partial charge is 0.480 e. The van der Waals surface area contributed by atoms with Gasteiger partial charge in [-0.1, -0.05) is 51.3 Å². The maximum Gasteiger partial charge on any atom is 0.459 e. The zero-order chi connectivity index (χ0) is 29.0. The quantitative estimate of drug-likeness (QED) is 0.184. The van der Waals surface area contributed by atoms with Gasteiger partial charge in [0.15, 0.2) is 11.8 Å². The fourth-order valence-electron chi connectivity index (χ4n) is 4.34. The van der Waals surface area contributed by atoms with Crippen molar-refractivity contribution < 1.29 is 38.5 Å². The summed E-state index contributed by atoms with van der Waals surface area (Å²) in [4.78, 5) is 38.2. The van der Waals surface area contributed by atoms with Gasteiger partial charge in [-0.05, 0) is 24.5 Å². The van der Waals surface area contributed by atoms with Crippen LogP contribution < -0.4 is 20.9 Å². The molecule has 6 atom stereocenters. The third kappa shape index (κ3) is 6.17. The van der Waals surface area contributed by atoms with E-state index in [4.69, 9.17) is 20.2 Å². The molecule has 0 aliphatic carbocycles. The monoisotopic (exact) mass is 565 g/mol. The van der Waals surface area contributed by atoms with Gasteiger partial charge in [0.25, 0.3) is 5.56 Å². The van der Waals surface area contributed by atoms with Crippen LogP contribution >= 0.6 is 7.75 Å². The minimum absolute atomic E-state index is 0.0854. The summed E-state index contributed by atoms with van der Waals surface area (Å²) in [6, 6.07) is 8.90. The molecule has 0 saturated carbocycles. The molecule has 13 nitrogen and oxygen atoms in total. The highest BCUT2D eigenvalue weighted by Gasteiger charge is 2.57. The number of ether oxygens (including phenoxy) is 1. The normalized spacial score (nSPS) is 25.9. The summed E-state index contributed by atoms with van der Waals surface area (Å²) in [6.07, 6.45) is 2.07. The van der Waals surface area contributed by atoms with Gasteiger partial charge in [0.2, 0.25) is 0 Å². The summed E-state index contributed by atoms with van der Waals surface area (Å²) in [5.41, 5.74) is -5.82. The minimum atomic E-state index is -4.51. The number of aliphatic hydroxyl groups is 2. The molecular formula is C25H32N3O10P. The standard InChI is InChI=1S/C25H32N3O10P/c1-5-13-24(16(3)4,22(31)32)27-39(35,38-17-10-8-7-9-11-17)36-15-18-20(30)25(34,6-2)21(37-18)28-14-12-19(29)26-23(28)33/h2,7-12,14,16,18,20-21,30,34H,5,13,15H2,1,3-4H3,(H,27,35)(H,31,32)(H,26,29,33)/t18-,20-,21-,24+,25-,39?/m1/s1. The van der Waals surface area contributed by atoms with Crippen LogP contribution in [-0.2, 0) is 18.6 Å². The minimum Gasteiger partial charge on any atom is -0.480 e. The SMILES string of the molecule is C#C[C@@]1(O)[C@H](O)[C@@H](COP(=O)(N[C@](CCC)(C(=O)O)C(C)C)Oc2ccccc2)O[C@H]1n1ccc(=O)[nH]c1=O. The molecule has 2 heterocycles. The van der Waals surface area contributed by atoms with Crippen molar-refractivity contribution in [3.05, 3.63) is 63.4 Å². The number of terminal acetylenes is 1. The predicted octanol–water partition coefficient (Wildman–Crippen LogP) is 1.23. The molecule has 3 rings (SSSR count). The van der Waals surface area contributed by atoms with Crippen LogP contribution in [0.15, 0.2) is 52.2 Å². The average Bonchev–Trinajstić information content (AvgIpc) is 3.13. The molecule has 212 valence electrons. The number of carboxylic acid groups (broad SMARTS) is 1. The maximum absolute atomic E-state index is 14.1. The van der Waals surface area contributed by atoms with E-state index in [0.717, 1.165) is 16.8 Å². The van der Waals surface area contributed by atoms with E-state index in [2.05, 4.69) is 5.09 Å².